The number of esters is 1. The van der Waals surface area contributed by atoms with Crippen LogP contribution in [0.5, 0.6) is 0 Å². The highest BCUT2D eigenvalue weighted by Crippen LogP contribution is 2.23. The van der Waals surface area contributed by atoms with Gasteiger partial charge in [0, 0.05) is 22.5 Å². The van der Waals surface area contributed by atoms with Crippen molar-refractivity contribution in [1.29, 1.82) is 0 Å². The highest BCUT2D eigenvalue weighted by Gasteiger charge is 2.19. The molecule has 1 amide bonds. The minimum atomic E-state index is -0.902. The zero-order valence-electron chi connectivity index (χ0n) is 15.1. The van der Waals surface area contributed by atoms with E-state index in [2.05, 4.69) is 5.32 Å². The molecular weight excluding hydrogens is 366 g/mol. The standard InChI is InChI=1S/C21H20ClNO4/c1-13-7-8-17-16(12-26-19(17)9-13)10-20(24)27-14(2)21(25)23-11-15-5-3-4-6-18(15)22/h3-9,12,14H,10-11H2,1-2H3,(H,23,25)/t14-/m0/s1. The summed E-state index contributed by atoms with van der Waals surface area (Å²) in [6.45, 7) is 3.78. The Labute approximate surface area is 162 Å². The van der Waals surface area contributed by atoms with Gasteiger partial charge in [-0.3, -0.25) is 9.59 Å². The average Bonchev–Trinajstić information content (AvgIpc) is 3.02. The fourth-order valence-electron chi connectivity index (χ4n) is 2.74. The number of furan rings is 1. The van der Waals surface area contributed by atoms with Gasteiger partial charge in [0.1, 0.15) is 5.58 Å². The molecular formula is C21H20ClNO4. The van der Waals surface area contributed by atoms with E-state index in [1.165, 1.54) is 6.92 Å². The first kappa shape index (κ1) is 19.0. The molecule has 0 saturated heterocycles. The molecule has 0 bridgehead atoms. The lowest BCUT2D eigenvalue weighted by molar-refractivity contribution is -0.154. The molecule has 1 heterocycles. The van der Waals surface area contributed by atoms with E-state index < -0.39 is 12.1 Å². The van der Waals surface area contributed by atoms with Gasteiger partial charge in [-0.25, -0.2) is 0 Å². The number of amides is 1. The Hall–Kier alpha value is -2.79. The van der Waals surface area contributed by atoms with E-state index in [9.17, 15) is 9.59 Å². The Morgan fingerprint density at radius 2 is 1.96 bits per heavy atom. The number of ether oxygens (including phenoxy) is 1. The van der Waals surface area contributed by atoms with Gasteiger partial charge >= 0.3 is 5.97 Å². The highest BCUT2D eigenvalue weighted by molar-refractivity contribution is 6.31. The molecule has 2 aromatic carbocycles. The zero-order valence-corrected chi connectivity index (χ0v) is 15.9. The Morgan fingerprint density at radius 1 is 1.19 bits per heavy atom. The van der Waals surface area contributed by atoms with Gasteiger partial charge in [-0.1, -0.05) is 41.9 Å². The minimum Gasteiger partial charge on any atom is -0.464 e. The van der Waals surface area contributed by atoms with Crippen molar-refractivity contribution in [1.82, 2.24) is 5.32 Å². The molecule has 1 N–H and O–H groups in total. The third-order valence-electron chi connectivity index (χ3n) is 4.23. The van der Waals surface area contributed by atoms with Crippen molar-refractivity contribution < 1.29 is 18.7 Å². The van der Waals surface area contributed by atoms with E-state index >= 15 is 0 Å². The summed E-state index contributed by atoms with van der Waals surface area (Å²) in [6, 6.07) is 13.0. The van der Waals surface area contributed by atoms with Crippen LogP contribution in [0.1, 0.15) is 23.6 Å². The molecule has 6 heteroatoms. The van der Waals surface area contributed by atoms with Crippen LogP contribution >= 0.6 is 11.6 Å². The molecule has 0 unspecified atom stereocenters. The molecule has 0 aliphatic carbocycles. The zero-order chi connectivity index (χ0) is 19.4. The van der Waals surface area contributed by atoms with Gasteiger partial charge in [-0.05, 0) is 37.1 Å². The molecule has 0 aliphatic heterocycles. The second-order valence-corrected chi connectivity index (χ2v) is 6.79. The van der Waals surface area contributed by atoms with Gasteiger partial charge in [0.05, 0.1) is 12.7 Å². The summed E-state index contributed by atoms with van der Waals surface area (Å²) >= 11 is 6.06. The lowest BCUT2D eigenvalue weighted by Gasteiger charge is -2.14. The van der Waals surface area contributed by atoms with Crippen LogP contribution in [-0.2, 0) is 27.3 Å². The Kier molecular flexibility index (Phi) is 5.81. The molecule has 5 nitrogen and oxygen atoms in total. The van der Waals surface area contributed by atoms with Crippen molar-refractivity contribution in [2.75, 3.05) is 0 Å². The van der Waals surface area contributed by atoms with E-state index in [1.54, 1.807) is 12.3 Å². The fourth-order valence-corrected chi connectivity index (χ4v) is 2.95. The van der Waals surface area contributed by atoms with Crippen LogP contribution in [0.2, 0.25) is 5.02 Å². The third kappa shape index (κ3) is 4.68. The number of hydrogen-bond donors (Lipinski definition) is 1. The lowest BCUT2D eigenvalue weighted by Crippen LogP contribution is -2.35. The van der Waals surface area contributed by atoms with Crippen molar-refractivity contribution in [3.05, 3.63) is 70.4 Å². The fraction of sp³-hybridized carbons (Fsp3) is 0.238. The topological polar surface area (TPSA) is 68.5 Å². The van der Waals surface area contributed by atoms with Crippen molar-refractivity contribution >= 4 is 34.4 Å². The average molecular weight is 386 g/mol. The summed E-state index contributed by atoms with van der Waals surface area (Å²) in [4.78, 5) is 24.4. The second kappa shape index (κ2) is 8.27. The Morgan fingerprint density at radius 3 is 2.74 bits per heavy atom. The maximum absolute atomic E-state index is 12.2. The summed E-state index contributed by atoms with van der Waals surface area (Å²) < 4.78 is 10.7. The Balaban J connectivity index is 1.55. The summed E-state index contributed by atoms with van der Waals surface area (Å²) in [5, 5.41) is 4.16. The molecule has 0 aliphatic rings. The number of carbonyl (C=O) groups excluding carboxylic acids is 2. The predicted octanol–water partition coefficient (Wildman–Crippen LogP) is 4.19. The van der Waals surface area contributed by atoms with Crippen LogP contribution in [0.15, 0.2) is 53.1 Å². The van der Waals surface area contributed by atoms with Crippen molar-refractivity contribution in [2.24, 2.45) is 0 Å². The van der Waals surface area contributed by atoms with Crippen LogP contribution in [0.4, 0.5) is 0 Å². The van der Waals surface area contributed by atoms with Crippen LogP contribution in [0, 0.1) is 6.92 Å². The lowest BCUT2D eigenvalue weighted by atomic mass is 10.1. The van der Waals surface area contributed by atoms with Gasteiger partial charge in [-0.2, -0.15) is 0 Å². The first-order valence-corrected chi connectivity index (χ1v) is 8.99. The maximum atomic E-state index is 12.2. The third-order valence-corrected chi connectivity index (χ3v) is 4.60. The quantitative estimate of drug-likeness (QED) is 0.646. The van der Waals surface area contributed by atoms with E-state index in [-0.39, 0.29) is 18.9 Å². The molecule has 27 heavy (non-hydrogen) atoms. The van der Waals surface area contributed by atoms with E-state index in [1.807, 2.05) is 43.3 Å². The van der Waals surface area contributed by atoms with Gasteiger partial charge in [-0.15, -0.1) is 0 Å². The number of fused-ring (bicyclic) bond motifs is 1. The molecule has 0 saturated carbocycles. The smallest absolute Gasteiger partial charge is 0.311 e. The Bertz CT molecular complexity index is 979. The molecule has 0 spiro atoms. The van der Waals surface area contributed by atoms with Crippen LogP contribution in [0.3, 0.4) is 0 Å². The van der Waals surface area contributed by atoms with Gasteiger partial charge in [0.15, 0.2) is 6.10 Å². The van der Waals surface area contributed by atoms with E-state index in [0.29, 0.717) is 5.02 Å². The van der Waals surface area contributed by atoms with Crippen molar-refractivity contribution in [2.45, 2.75) is 32.9 Å². The second-order valence-electron chi connectivity index (χ2n) is 6.38. The summed E-state index contributed by atoms with van der Waals surface area (Å²) in [5.74, 6) is -0.866. The molecule has 0 fully saturated rings. The van der Waals surface area contributed by atoms with Gasteiger partial charge in [0.25, 0.3) is 5.91 Å². The molecule has 3 aromatic rings. The molecule has 1 atom stereocenters. The number of rotatable bonds is 6. The normalized spacial score (nSPS) is 12.0. The number of nitrogens with one attached hydrogen (secondary N) is 1. The molecule has 0 radical (unpaired) electrons. The number of halogens is 1. The first-order valence-electron chi connectivity index (χ1n) is 8.61. The van der Waals surface area contributed by atoms with E-state index in [0.717, 1.165) is 27.7 Å². The minimum absolute atomic E-state index is 0.0399. The van der Waals surface area contributed by atoms with Crippen LogP contribution in [-0.4, -0.2) is 18.0 Å². The summed E-state index contributed by atoms with van der Waals surface area (Å²) in [5.41, 5.74) is 3.34. The molecule has 140 valence electrons. The van der Waals surface area contributed by atoms with Crippen molar-refractivity contribution in [3.8, 4) is 0 Å². The monoisotopic (exact) mass is 385 g/mol. The largest absolute Gasteiger partial charge is 0.464 e. The molecule has 1 aromatic heterocycles. The SMILES string of the molecule is Cc1ccc2c(CC(=O)O[C@@H](C)C(=O)NCc3ccccc3Cl)coc2c1. The summed E-state index contributed by atoms with van der Waals surface area (Å²) in [7, 11) is 0. The predicted molar refractivity (Wildman–Crippen MR) is 104 cm³/mol. The number of benzene rings is 2. The summed E-state index contributed by atoms with van der Waals surface area (Å²) in [6.07, 6.45) is 0.687. The number of carbonyl (C=O) groups is 2. The van der Waals surface area contributed by atoms with Crippen molar-refractivity contribution in [3.63, 3.8) is 0 Å². The highest BCUT2D eigenvalue weighted by atomic mass is 35.5. The van der Waals surface area contributed by atoms with Crippen LogP contribution in [0.25, 0.3) is 11.0 Å². The number of aryl methyl sites for hydroxylation is 1. The molecule has 3 rings (SSSR count). The van der Waals surface area contributed by atoms with Crippen LogP contribution < -0.4 is 5.32 Å². The number of hydrogen-bond acceptors (Lipinski definition) is 4. The maximum Gasteiger partial charge on any atom is 0.311 e. The van der Waals surface area contributed by atoms with E-state index in [4.69, 9.17) is 20.8 Å². The first-order chi connectivity index (χ1) is 12.9. The van der Waals surface area contributed by atoms with Gasteiger partial charge in [0.2, 0.25) is 0 Å². The van der Waals surface area contributed by atoms with Gasteiger partial charge < -0.3 is 14.5 Å².